The minimum absolute atomic E-state index is 0.271. The second-order valence-corrected chi connectivity index (χ2v) is 7.93. The molecule has 0 spiro atoms. The molecular formula is C19H29NO5. The number of alkyl carbamates (subject to hydrolysis) is 1. The molecule has 1 atom stereocenters. The molecule has 0 heterocycles. The summed E-state index contributed by atoms with van der Waals surface area (Å²) in [5.41, 5.74) is 0.0296. The van der Waals surface area contributed by atoms with E-state index in [0.29, 0.717) is 6.42 Å². The molecular weight excluding hydrogens is 322 g/mol. The molecule has 6 heteroatoms. The average Bonchev–Trinajstić information content (AvgIpc) is 2.41. The van der Waals surface area contributed by atoms with Crippen LogP contribution in [0.2, 0.25) is 0 Å². The summed E-state index contributed by atoms with van der Waals surface area (Å²) in [6, 6.07) is 6.51. The first kappa shape index (κ1) is 20.8. The van der Waals surface area contributed by atoms with Crippen LogP contribution in [-0.4, -0.2) is 34.4 Å². The van der Waals surface area contributed by atoms with Gasteiger partial charge in [0.2, 0.25) is 0 Å². The predicted octanol–water partition coefficient (Wildman–Crippen LogP) is 3.77. The van der Waals surface area contributed by atoms with E-state index in [2.05, 4.69) is 5.32 Å². The molecule has 1 rings (SSSR count). The van der Waals surface area contributed by atoms with Gasteiger partial charge in [0, 0.05) is 0 Å². The average molecular weight is 351 g/mol. The van der Waals surface area contributed by atoms with Gasteiger partial charge in [0.25, 0.3) is 0 Å². The smallest absolute Gasteiger partial charge is 0.408 e. The third kappa shape index (κ3) is 8.98. The van der Waals surface area contributed by atoms with Crippen molar-refractivity contribution in [2.24, 2.45) is 0 Å². The summed E-state index contributed by atoms with van der Waals surface area (Å²) in [5.74, 6) is -0.323. The summed E-state index contributed by atoms with van der Waals surface area (Å²) < 4.78 is 10.9. The molecule has 1 aromatic carbocycles. The van der Waals surface area contributed by atoms with Crippen LogP contribution >= 0.6 is 0 Å². The van der Waals surface area contributed by atoms with Crippen LogP contribution in [0.4, 0.5) is 4.79 Å². The van der Waals surface area contributed by atoms with Gasteiger partial charge in [-0.1, -0.05) is 12.1 Å². The minimum atomic E-state index is -1.08. The second kappa shape index (κ2) is 8.23. The van der Waals surface area contributed by atoms with Crippen molar-refractivity contribution in [1.29, 1.82) is 0 Å². The molecule has 0 unspecified atom stereocenters. The molecule has 0 saturated heterocycles. The maximum absolute atomic E-state index is 11.7. The van der Waals surface area contributed by atoms with Crippen LogP contribution in [0.1, 0.15) is 53.5 Å². The summed E-state index contributed by atoms with van der Waals surface area (Å²) in [7, 11) is 0. The van der Waals surface area contributed by atoms with Crippen molar-refractivity contribution < 1.29 is 24.2 Å². The first-order valence-corrected chi connectivity index (χ1v) is 8.36. The topological polar surface area (TPSA) is 84.9 Å². The summed E-state index contributed by atoms with van der Waals surface area (Å²) in [6.45, 7) is 11.1. The van der Waals surface area contributed by atoms with E-state index in [4.69, 9.17) is 9.47 Å². The Morgan fingerprint density at radius 2 is 1.60 bits per heavy atom. The standard InChI is InChI=1S/C19H29NO5/c1-18(2,3)24-14-10-7-13(8-11-14)9-12-15(16(21)22)20-17(23)25-19(4,5)6/h7-8,10-11,15H,9,12H2,1-6H3,(H,20,23)(H,21,22)/t15-/m0/s1. The van der Waals surface area contributed by atoms with Gasteiger partial charge in [-0.3, -0.25) is 0 Å². The molecule has 0 aliphatic rings. The van der Waals surface area contributed by atoms with Crippen molar-refractivity contribution in [1.82, 2.24) is 5.32 Å². The van der Waals surface area contributed by atoms with Crippen molar-refractivity contribution in [2.75, 3.05) is 0 Å². The number of rotatable bonds is 6. The molecule has 2 N–H and O–H groups in total. The largest absolute Gasteiger partial charge is 0.488 e. The van der Waals surface area contributed by atoms with E-state index >= 15 is 0 Å². The number of carboxylic acids is 1. The van der Waals surface area contributed by atoms with Crippen LogP contribution in [0.15, 0.2) is 24.3 Å². The molecule has 0 aliphatic carbocycles. The van der Waals surface area contributed by atoms with Gasteiger partial charge in [0.15, 0.2) is 0 Å². The SMILES string of the molecule is CC(C)(C)OC(=O)N[C@@H](CCc1ccc(OC(C)(C)C)cc1)C(=O)O. The number of hydrogen-bond donors (Lipinski definition) is 2. The fraction of sp³-hybridized carbons (Fsp3) is 0.579. The Kier molecular flexibility index (Phi) is 6.85. The van der Waals surface area contributed by atoms with Crippen molar-refractivity contribution in [2.45, 2.75) is 71.6 Å². The molecule has 0 radical (unpaired) electrons. The van der Waals surface area contributed by atoms with E-state index in [0.717, 1.165) is 11.3 Å². The molecule has 0 bridgehead atoms. The molecule has 6 nitrogen and oxygen atoms in total. The van der Waals surface area contributed by atoms with Crippen LogP contribution in [0.25, 0.3) is 0 Å². The van der Waals surface area contributed by atoms with Crippen LogP contribution < -0.4 is 10.1 Å². The number of hydrogen-bond acceptors (Lipinski definition) is 4. The van der Waals surface area contributed by atoms with Crippen molar-refractivity contribution in [3.8, 4) is 5.75 Å². The number of amides is 1. The maximum Gasteiger partial charge on any atom is 0.408 e. The minimum Gasteiger partial charge on any atom is -0.488 e. The van der Waals surface area contributed by atoms with E-state index in [9.17, 15) is 14.7 Å². The zero-order chi connectivity index (χ0) is 19.3. The van der Waals surface area contributed by atoms with Crippen molar-refractivity contribution in [3.05, 3.63) is 29.8 Å². The van der Waals surface area contributed by atoms with E-state index in [-0.39, 0.29) is 12.0 Å². The van der Waals surface area contributed by atoms with Gasteiger partial charge in [-0.05, 0) is 72.1 Å². The summed E-state index contributed by atoms with van der Waals surface area (Å²) >= 11 is 0. The maximum atomic E-state index is 11.7. The third-order valence-electron chi connectivity index (χ3n) is 3.06. The van der Waals surface area contributed by atoms with Crippen LogP contribution in [0.5, 0.6) is 5.75 Å². The number of aliphatic carboxylic acids is 1. The molecule has 1 aromatic rings. The molecule has 0 aliphatic heterocycles. The Labute approximate surface area is 149 Å². The molecule has 0 aromatic heterocycles. The zero-order valence-corrected chi connectivity index (χ0v) is 15.9. The third-order valence-corrected chi connectivity index (χ3v) is 3.06. The fourth-order valence-corrected chi connectivity index (χ4v) is 2.10. The van der Waals surface area contributed by atoms with Crippen LogP contribution in [0.3, 0.4) is 0 Å². The monoisotopic (exact) mass is 351 g/mol. The molecule has 0 saturated carbocycles. The highest BCUT2D eigenvalue weighted by Crippen LogP contribution is 2.19. The van der Waals surface area contributed by atoms with Crippen molar-refractivity contribution in [3.63, 3.8) is 0 Å². The highest BCUT2D eigenvalue weighted by molar-refractivity contribution is 5.80. The second-order valence-electron chi connectivity index (χ2n) is 7.93. The number of nitrogens with one attached hydrogen (secondary N) is 1. The number of ether oxygens (including phenoxy) is 2. The van der Waals surface area contributed by atoms with Gasteiger partial charge < -0.3 is 19.9 Å². The Hall–Kier alpha value is -2.24. The highest BCUT2D eigenvalue weighted by Gasteiger charge is 2.23. The lowest BCUT2D eigenvalue weighted by Crippen LogP contribution is -2.43. The van der Waals surface area contributed by atoms with Gasteiger partial charge in [-0.2, -0.15) is 0 Å². The highest BCUT2D eigenvalue weighted by atomic mass is 16.6. The first-order valence-electron chi connectivity index (χ1n) is 8.36. The van der Waals surface area contributed by atoms with E-state index in [1.54, 1.807) is 20.8 Å². The lowest BCUT2D eigenvalue weighted by molar-refractivity contribution is -0.139. The molecule has 0 fully saturated rings. The summed E-state index contributed by atoms with van der Waals surface area (Å²) in [5, 5.41) is 11.7. The van der Waals surface area contributed by atoms with Gasteiger partial charge in [-0.25, -0.2) is 9.59 Å². The Bertz CT molecular complexity index is 581. The van der Waals surface area contributed by atoms with Gasteiger partial charge in [-0.15, -0.1) is 0 Å². The van der Waals surface area contributed by atoms with Gasteiger partial charge in [0.1, 0.15) is 23.0 Å². The van der Waals surface area contributed by atoms with E-state index in [1.807, 2.05) is 45.0 Å². The quantitative estimate of drug-likeness (QED) is 0.815. The zero-order valence-electron chi connectivity index (χ0n) is 15.9. The lowest BCUT2D eigenvalue weighted by Gasteiger charge is -2.22. The summed E-state index contributed by atoms with van der Waals surface area (Å²) in [4.78, 5) is 23.1. The first-order chi connectivity index (χ1) is 11.4. The predicted molar refractivity (Wildman–Crippen MR) is 95.9 cm³/mol. The normalized spacial score (nSPS) is 13.0. The number of carbonyl (C=O) groups excluding carboxylic acids is 1. The Balaban J connectivity index is 2.60. The molecule has 140 valence electrons. The Morgan fingerprint density at radius 1 is 1.04 bits per heavy atom. The summed E-state index contributed by atoms with van der Waals surface area (Å²) in [6.07, 6.45) is 0.0604. The van der Waals surface area contributed by atoms with Gasteiger partial charge >= 0.3 is 12.1 Å². The number of carbonyl (C=O) groups is 2. The van der Waals surface area contributed by atoms with Crippen LogP contribution in [0, 0.1) is 0 Å². The van der Waals surface area contributed by atoms with Gasteiger partial charge in [0.05, 0.1) is 0 Å². The van der Waals surface area contributed by atoms with Crippen molar-refractivity contribution >= 4 is 12.1 Å². The molecule has 1 amide bonds. The van der Waals surface area contributed by atoms with E-state index < -0.39 is 23.7 Å². The van der Waals surface area contributed by atoms with E-state index in [1.165, 1.54) is 0 Å². The number of benzene rings is 1. The number of carboxylic acid groups (broad SMARTS) is 1. The molecule has 25 heavy (non-hydrogen) atoms. The number of aryl methyl sites for hydroxylation is 1. The van der Waals surface area contributed by atoms with Crippen LogP contribution in [-0.2, 0) is 16.0 Å². The lowest BCUT2D eigenvalue weighted by atomic mass is 10.1. The Morgan fingerprint density at radius 3 is 2.04 bits per heavy atom. The fourth-order valence-electron chi connectivity index (χ4n) is 2.10.